The maximum atomic E-state index is 14.1. The van der Waals surface area contributed by atoms with Gasteiger partial charge in [0.1, 0.15) is 28.7 Å². The number of para-hydroxylation sites is 1. The number of hydrogen-bond donors (Lipinski definition) is 2. The van der Waals surface area contributed by atoms with Crippen molar-refractivity contribution >= 4 is 22.6 Å². The molecule has 0 saturated heterocycles. The zero-order chi connectivity index (χ0) is 22.1. The number of halogens is 1. The van der Waals surface area contributed by atoms with E-state index in [1.807, 2.05) is 6.07 Å². The standard InChI is InChI=1S/C23H17FN6O2/c1-14-21(28-29-30(14)19-5-3-2-4-18(19)24)23(31)27-15-6-8-16(9-7-15)32-20-11-13-26-22-17(20)10-12-25-22/h2-13H,1H3,(H,25,26)(H,27,31). The molecule has 0 radical (unpaired) electrons. The van der Waals surface area contributed by atoms with Gasteiger partial charge in [0.05, 0.1) is 11.1 Å². The Labute approximate surface area is 181 Å². The number of nitrogens with zero attached hydrogens (tertiary/aromatic N) is 4. The van der Waals surface area contributed by atoms with Crippen LogP contribution in [0, 0.1) is 12.7 Å². The van der Waals surface area contributed by atoms with Crippen LogP contribution in [0.3, 0.4) is 0 Å². The molecule has 5 aromatic rings. The van der Waals surface area contributed by atoms with E-state index in [-0.39, 0.29) is 11.4 Å². The predicted molar refractivity (Wildman–Crippen MR) is 117 cm³/mol. The molecule has 5 rings (SSSR count). The summed E-state index contributed by atoms with van der Waals surface area (Å²) in [6, 6.07) is 16.8. The Bertz CT molecular complexity index is 1420. The van der Waals surface area contributed by atoms with Crippen molar-refractivity contribution in [3.8, 4) is 17.2 Å². The van der Waals surface area contributed by atoms with Gasteiger partial charge in [0.25, 0.3) is 5.91 Å². The Morgan fingerprint density at radius 1 is 1.09 bits per heavy atom. The van der Waals surface area contributed by atoms with Gasteiger partial charge in [-0.2, -0.15) is 0 Å². The molecule has 0 atom stereocenters. The van der Waals surface area contributed by atoms with Crippen molar-refractivity contribution in [3.63, 3.8) is 0 Å². The number of carbonyl (C=O) groups is 1. The number of benzene rings is 2. The first kappa shape index (κ1) is 19.4. The SMILES string of the molecule is Cc1c(C(=O)Nc2ccc(Oc3ccnc4[nH]ccc34)cc2)nnn1-c1ccccc1F. The van der Waals surface area contributed by atoms with E-state index in [0.29, 0.717) is 22.9 Å². The molecule has 0 aliphatic heterocycles. The van der Waals surface area contributed by atoms with E-state index in [9.17, 15) is 9.18 Å². The van der Waals surface area contributed by atoms with Crippen LogP contribution in [0.4, 0.5) is 10.1 Å². The first-order valence-corrected chi connectivity index (χ1v) is 9.79. The smallest absolute Gasteiger partial charge is 0.278 e. The number of nitrogens with one attached hydrogen (secondary N) is 2. The molecule has 1 amide bonds. The zero-order valence-corrected chi connectivity index (χ0v) is 16.9. The van der Waals surface area contributed by atoms with Gasteiger partial charge in [0, 0.05) is 18.1 Å². The highest BCUT2D eigenvalue weighted by Gasteiger charge is 2.19. The highest BCUT2D eigenvalue weighted by atomic mass is 19.1. The Morgan fingerprint density at radius 3 is 2.72 bits per heavy atom. The molecule has 0 aliphatic rings. The summed E-state index contributed by atoms with van der Waals surface area (Å²) in [5.74, 6) is 0.392. The summed E-state index contributed by atoms with van der Waals surface area (Å²) in [4.78, 5) is 20.0. The molecule has 9 heteroatoms. The zero-order valence-electron chi connectivity index (χ0n) is 16.9. The fourth-order valence-electron chi connectivity index (χ4n) is 3.34. The molecular weight excluding hydrogens is 411 g/mol. The van der Waals surface area contributed by atoms with E-state index < -0.39 is 11.7 Å². The van der Waals surface area contributed by atoms with Crippen LogP contribution in [0.15, 0.2) is 73.1 Å². The van der Waals surface area contributed by atoms with E-state index in [1.165, 1.54) is 10.7 Å². The molecule has 158 valence electrons. The molecule has 0 fully saturated rings. The van der Waals surface area contributed by atoms with Crippen LogP contribution in [0.1, 0.15) is 16.2 Å². The number of ether oxygens (including phenoxy) is 1. The topological polar surface area (TPSA) is 97.7 Å². The number of pyridine rings is 1. The minimum absolute atomic E-state index is 0.111. The quantitative estimate of drug-likeness (QED) is 0.425. The fraction of sp³-hybridized carbons (Fsp3) is 0.0435. The van der Waals surface area contributed by atoms with E-state index in [2.05, 4.69) is 25.6 Å². The summed E-state index contributed by atoms with van der Waals surface area (Å²) < 4.78 is 21.3. The molecule has 3 aromatic heterocycles. The summed E-state index contributed by atoms with van der Waals surface area (Å²) >= 11 is 0. The Morgan fingerprint density at radius 2 is 1.91 bits per heavy atom. The summed E-state index contributed by atoms with van der Waals surface area (Å²) in [7, 11) is 0. The molecular formula is C23H17FN6O2. The van der Waals surface area contributed by atoms with Crippen LogP contribution in [0.25, 0.3) is 16.7 Å². The van der Waals surface area contributed by atoms with Crippen molar-refractivity contribution in [2.24, 2.45) is 0 Å². The second-order valence-electron chi connectivity index (χ2n) is 7.02. The van der Waals surface area contributed by atoms with Gasteiger partial charge in [0.15, 0.2) is 5.69 Å². The van der Waals surface area contributed by atoms with Gasteiger partial charge in [-0.3, -0.25) is 4.79 Å². The lowest BCUT2D eigenvalue weighted by molar-refractivity contribution is 0.102. The third-order valence-corrected chi connectivity index (χ3v) is 4.95. The maximum absolute atomic E-state index is 14.1. The van der Waals surface area contributed by atoms with Gasteiger partial charge in [-0.15, -0.1) is 5.10 Å². The van der Waals surface area contributed by atoms with Crippen molar-refractivity contribution < 1.29 is 13.9 Å². The molecule has 0 aliphatic carbocycles. The van der Waals surface area contributed by atoms with E-state index >= 15 is 0 Å². The number of anilines is 1. The lowest BCUT2D eigenvalue weighted by Gasteiger charge is -2.09. The number of amides is 1. The second-order valence-corrected chi connectivity index (χ2v) is 7.02. The highest BCUT2D eigenvalue weighted by Crippen LogP contribution is 2.29. The third-order valence-electron chi connectivity index (χ3n) is 4.95. The largest absolute Gasteiger partial charge is 0.457 e. The lowest BCUT2D eigenvalue weighted by atomic mass is 10.2. The van der Waals surface area contributed by atoms with Crippen molar-refractivity contribution in [2.45, 2.75) is 6.92 Å². The van der Waals surface area contributed by atoms with Crippen LogP contribution >= 0.6 is 0 Å². The van der Waals surface area contributed by atoms with Crippen molar-refractivity contribution in [3.05, 3.63) is 90.3 Å². The summed E-state index contributed by atoms with van der Waals surface area (Å²) in [5, 5.41) is 11.5. The number of hydrogen-bond acceptors (Lipinski definition) is 5. The first-order valence-electron chi connectivity index (χ1n) is 9.79. The average Bonchev–Trinajstić information content (AvgIpc) is 3.43. The van der Waals surface area contributed by atoms with E-state index in [0.717, 1.165) is 11.0 Å². The molecule has 0 bridgehead atoms. The van der Waals surface area contributed by atoms with Gasteiger partial charge in [-0.05, 0) is 55.5 Å². The monoisotopic (exact) mass is 428 g/mol. The number of carbonyl (C=O) groups excluding carboxylic acids is 1. The molecule has 3 heterocycles. The number of aromatic amines is 1. The van der Waals surface area contributed by atoms with Crippen LogP contribution in [0.5, 0.6) is 11.5 Å². The fourth-order valence-corrected chi connectivity index (χ4v) is 3.34. The van der Waals surface area contributed by atoms with Gasteiger partial charge in [-0.25, -0.2) is 14.1 Å². The molecule has 8 nitrogen and oxygen atoms in total. The van der Waals surface area contributed by atoms with Gasteiger partial charge < -0.3 is 15.0 Å². The minimum atomic E-state index is -0.450. The van der Waals surface area contributed by atoms with Crippen LogP contribution in [-0.4, -0.2) is 30.9 Å². The Kier molecular flexibility index (Phi) is 4.83. The van der Waals surface area contributed by atoms with Gasteiger partial charge >= 0.3 is 0 Å². The predicted octanol–water partition coefficient (Wildman–Crippen LogP) is 4.64. The summed E-state index contributed by atoms with van der Waals surface area (Å²) in [6.45, 7) is 1.66. The molecule has 2 N–H and O–H groups in total. The summed E-state index contributed by atoms with van der Waals surface area (Å²) in [5.41, 5.74) is 2.07. The normalized spacial score (nSPS) is 10.9. The number of fused-ring (bicyclic) bond motifs is 1. The average molecular weight is 428 g/mol. The Hall–Kier alpha value is -4.53. The first-order chi connectivity index (χ1) is 15.6. The summed E-state index contributed by atoms with van der Waals surface area (Å²) in [6.07, 6.45) is 3.47. The Balaban J connectivity index is 1.31. The van der Waals surface area contributed by atoms with Crippen molar-refractivity contribution in [1.29, 1.82) is 0 Å². The maximum Gasteiger partial charge on any atom is 0.278 e. The van der Waals surface area contributed by atoms with Crippen LogP contribution < -0.4 is 10.1 Å². The van der Waals surface area contributed by atoms with Crippen LogP contribution in [0.2, 0.25) is 0 Å². The minimum Gasteiger partial charge on any atom is -0.457 e. The van der Waals surface area contributed by atoms with Crippen molar-refractivity contribution in [1.82, 2.24) is 25.0 Å². The van der Waals surface area contributed by atoms with E-state index in [1.54, 1.807) is 67.8 Å². The third kappa shape index (κ3) is 3.56. The van der Waals surface area contributed by atoms with Crippen molar-refractivity contribution in [2.75, 3.05) is 5.32 Å². The number of H-pyrrole nitrogens is 1. The number of aromatic nitrogens is 5. The lowest BCUT2D eigenvalue weighted by Crippen LogP contribution is -2.14. The molecule has 0 unspecified atom stereocenters. The van der Waals surface area contributed by atoms with Gasteiger partial charge in [-0.1, -0.05) is 17.3 Å². The number of rotatable bonds is 5. The molecule has 0 saturated carbocycles. The molecule has 0 spiro atoms. The molecule has 32 heavy (non-hydrogen) atoms. The highest BCUT2D eigenvalue weighted by molar-refractivity contribution is 6.03. The van der Waals surface area contributed by atoms with Crippen LogP contribution in [-0.2, 0) is 0 Å². The second kappa shape index (κ2) is 7.95. The molecule has 2 aromatic carbocycles. The van der Waals surface area contributed by atoms with Gasteiger partial charge in [0.2, 0.25) is 0 Å². The van der Waals surface area contributed by atoms with E-state index in [4.69, 9.17) is 4.74 Å².